The molecule has 80 valence electrons. The van der Waals surface area contributed by atoms with Gasteiger partial charge in [-0.25, -0.2) is 9.67 Å². The third-order valence-corrected chi connectivity index (χ3v) is 2.21. The molecular weight excluding hydrogens is 194 g/mol. The molecule has 0 radical (unpaired) electrons. The Bertz CT molecular complexity index is 445. The molecule has 2 aromatic rings. The largest absolute Gasteiger partial charge is 0.387 e. The van der Waals surface area contributed by atoms with Crippen LogP contribution in [0.4, 0.5) is 0 Å². The quantitative estimate of drug-likeness (QED) is 0.775. The first-order chi connectivity index (χ1) is 7.16. The number of aryl methyl sites for hydroxylation is 1. The topological polar surface area (TPSA) is 68.8 Å². The summed E-state index contributed by atoms with van der Waals surface area (Å²) < 4.78 is 3.58. The van der Waals surface area contributed by atoms with Gasteiger partial charge in [-0.3, -0.25) is 0 Å². The maximum Gasteiger partial charge on any atom is 0.130 e. The van der Waals surface area contributed by atoms with Gasteiger partial charge in [0.05, 0.1) is 12.3 Å². The summed E-state index contributed by atoms with van der Waals surface area (Å²) in [6, 6.07) is 0. The van der Waals surface area contributed by atoms with Crippen molar-refractivity contribution in [3.8, 4) is 0 Å². The van der Waals surface area contributed by atoms with Crippen LogP contribution in [0.1, 0.15) is 24.5 Å². The van der Waals surface area contributed by atoms with E-state index < -0.39 is 6.10 Å². The maximum absolute atomic E-state index is 9.28. The van der Waals surface area contributed by atoms with Crippen LogP contribution in [0.3, 0.4) is 0 Å². The summed E-state index contributed by atoms with van der Waals surface area (Å²) in [7, 11) is 1.93. The predicted octanol–water partition coefficient (Wildman–Crippen LogP) is 0.113. The zero-order chi connectivity index (χ0) is 10.8. The fourth-order valence-electron chi connectivity index (χ4n) is 1.28. The fraction of sp³-hybridized carbons (Fsp3) is 0.444. The van der Waals surface area contributed by atoms with E-state index >= 15 is 0 Å². The van der Waals surface area contributed by atoms with Crippen molar-refractivity contribution in [2.75, 3.05) is 0 Å². The van der Waals surface area contributed by atoms with E-state index in [9.17, 15) is 5.11 Å². The van der Waals surface area contributed by atoms with Crippen LogP contribution in [-0.2, 0) is 13.6 Å². The molecule has 0 aliphatic carbocycles. The van der Waals surface area contributed by atoms with Crippen molar-refractivity contribution in [2.45, 2.75) is 19.6 Å². The van der Waals surface area contributed by atoms with E-state index in [0.29, 0.717) is 12.2 Å². The summed E-state index contributed by atoms with van der Waals surface area (Å²) in [5.41, 5.74) is 0.573. The number of hydrogen-bond acceptors (Lipinski definition) is 4. The Hall–Kier alpha value is -1.69. The number of aliphatic hydroxyl groups excluding tert-OH is 1. The predicted molar refractivity (Wildman–Crippen MR) is 53.0 cm³/mol. The fourth-order valence-corrected chi connectivity index (χ4v) is 1.28. The Morgan fingerprint density at radius 1 is 1.53 bits per heavy atom. The molecule has 2 rings (SSSR count). The minimum Gasteiger partial charge on any atom is -0.387 e. The number of rotatable bonds is 3. The van der Waals surface area contributed by atoms with Gasteiger partial charge in [-0.1, -0.05) is 5.21 Å². The molecule has 0 amide bonds. The number of imidazole rings is 1. The van der Waals surface area contributed by atoms with E-state index in [-0.39, 0.29) is 0 Å². The van der Waals surface area contributed by atoms with E-state index in [1.54, 1.807) is 24.0 Å². The molecule has 2 aromatic heterocycles. The molecule has 0 fully saturated rings. The van der Waals surface area contributed by atoms with Crippen molar-refractivity contribution in [2.24, 2.45) is 7.05 Å². The molecule has 0 aliphatic heterocycles. The third kappa shape index (κ3) is 2.04. The highest BCUT2D eigenvalue weighted by Gasteiger charge is 2.07. The molecule has 1 atom stereocenters. The first-order valence-corrected chi connectivity index (χ1v) is 4.71. The Morgan fingerprint density at radius 2 is 2.33 bits per heavy atom. The van der Waals surface area contributed by atoms with E-state index in [1.807, 2.05) is 17.8 Å². The van der Waals surface area contributed by atoms with Gasteiger partial charge in [-0.2, -0.15) is 0 Å². The van der Waals surface area contributed by atoms with Crippen molar-refractivity contribution in [1.29, 1.82) is 0 Å². The molecule has 0 saturated carbocycles. The number of nitrogens with zero attached hydrogens (tertiary/aromatic N) is 5. The van der Waals surface area contributed by atoms with Crippen LogP contribution in [0.2, 0.25) is 0 Å². The molecule has 0 saturated heterocycles. The van der Waals surface area contributed by atoms with E-state index in [1.165, 1.54) is 0 Å². The average Bonchev–Trinajstić information content (AvgIpc) is 2.77. The van der Waals surface area contributed by atoms with Crippen LogP contribution in [0.25, 0.3) is 0 Å². The van der Waals surface area contributed by atoms with E-state index in [4.69, 9.17) is 0 Å². The highest BCUT2D eigenvalue weighted by molar-refractivity contribution is 4.98. The van der Waals surface area contributed by atoms with Crippen LogP contribution in [0, 0.1) is 0 Å². The van der Waals surface area contributed by atoms with Crippen LogP contribution in [-0.4, -0.2) is 29.7 Å². The summed E-state index contributed by atoms with van der Waals surface area (Å²) in [6.07, 6.45) is 4.75. The summed E-state index contributed by atoms with van der Waals surface area (Å²) in [5.74, 6) is 0.900. The van der Waals surface area contributed by atoms with Crippen molar-refractivity contribution >= 4 is 0 Å². The smallest absolute Gasteiger partial charge is 0.130 e. The highest BCUT2D eigenvalue weighted by Crippen LogP contribution is 2.07. The normalized spacial score (nSPS) is 13.0. The first-order valence-electron chi connectivity index (χ1n) is 4.71. The van der Waals surface area contributed by atoms with Crippen LogP contribution in [0.5, 0.6) is 0 Å². The third-order valence-electron chi connectivity index (χ3n) is 2.21. The molecule has 6 heteroatoms. The van der Waals surface area contributed by atoms with E-state index in [0.717, 1.165) is 5.82 Å². The molecule has 6 nitrogen and oxygen atoms in total. The molecule has 15 heavy (non-hydrogen) atoms. The monoisotopic (exact) mass is 207 g/mol. The van der Waals surface area contributed by atoms with Gasteiger partial charge in [-0.05, 0) is 6.92 Å². The maximum atomic E-state index is 9.28. The van der Waals surface area contributed by atoms with Crippen LogP contribution in [0.15, 0.2) is 18.6 Å². The first kappa shape index (κ1) is 9.85. The van der Waals surface area contributed by atoms with Gasteiger partial charge >= 0.3 is 0 Å². The van der Waals surface area contributed by atoms with E-state index in [2.05, 4.69) is 15.3 Å². The molecular formula is C9H13N5O. The average molecular weight is 207 g/mol. The molecule has 2 heterocycles. The molecule has 0 aromatic carbocycles. The second-order valence-corrected chi connectivity index (χ2v) is 3.47. The van der Waals surface area contributed by atoms with Crippen LogP contribution >= 0.6 is 0 Å². The number of hydrogen-bond donors (Lipinski definition) is 1. The summed E-state index contributed by atoms with van der Waals surface area (Å²) in [4.78, 5) is 4.18. The minimum atomic E-state index is -0.583. The second kappa shape index (κ2) is 3.82. The van der Waals surface area contributed by atoms with Gasteiger partial charge in [0.15, 0.2) is 0 Å². The SMILES string of the molecule is CC(O)c1cn(Cc2nccn2C)nn1. The minimum absolute atomic E-state index is 0.559. The Morgan fingerprint density at radius 3 is 2.87 bits per heavy atom. The van der Waals surface area contributed by atoms with Gasteiger partial charge < -0.3 is 9.67 Å². The van der Waals surface area contributed by atoms with Gasteiger partial charge in [0.1, 0.15) is 18.1 Å². The summed E-state index contributed by atoms with van der Waals surface area (Å²) in [5, 5.41) is 17.0. The molecule has 0 aliphatic rings. The Kier molecular flexibility index (Phi) is 2.51. The lowest BCUT2D eigenvalue weighted by molar-refractivity contribution is 0.194. The van der Waals surface area contributed by atoms with Gasteiger partial charge in [0, 0.05) is 19.4 Å². The molecule has 1 unspecified atom stereocenters. The lowest BCUT2D eigenvalue weighted by atomic mass is 10.3. The standard InChI is InChI=1S/C9H13N5O/c1-7(15)8-5-14(12-11-8)6-9-10-3-4-13(9)2/h3-5,7,15H,6H2,1-2H3. The lowest BCUT2D eigenvalue weighted by Crippen LogP contribution is -2.06. The van der Waals surface area contributed by atoms with Crippen molar-refractivity contribution in [1.82, 2.24) is 24.5 Å². The van der Waals surface area contributed by atoms with Crippen molar-refractivity contribution in [3.63, 3.8) is 0 Å². The van der Waals surface area contributed by atoms with Crippen molar-refractivity contribution in [3.05, 3.63) is 30.1 Å². The van der Waals surface area contributed by atoms with Gasteiger partial charge in [-0.15, -0.1) is 5.10 Å². The Labute approximate surface area is 87.2 Å². The summed E-state index contributed by atoms with van der Waals surface area (Å²) >= 11 is 0. The molecule has 0 spiro atoms. The number of aliphatic hydroxyl groups is 1. The summed E-state index contributed by atoms with van der Waals surface area (Å²) in [6.45, 7) is 2.22. The van der Waals surface area contributed by atoms with Gasteiger partial charge in [0.2, 0.25) is 0 Å². The highest BCUT2D eigenvalue weighted by atomic mass is 16.3. The zero-order valence-electron chi connectivity index (χ0n) is 8.70. The molecule has 1 N–H and O–H groups in total. The van der Waals surface area contributed by atoms with Gasteiger partial charge in [0.25, 0.3) is 0 Å². The van der Waals surface area contributed by atoms with Crippen LogP contribution < -0.4 is 0 Å². The number of aromatic nitrogens is 5. The zero-order valence-corrected chi connectivity index (χ0v) is 8.70. The second-order valence-electron chi connectivity index (χ2n) is 3.47. The lowest BCUT2D eigenvalue weighted by Gasteiger charge is -2.00. The Balaban J connectivity index is 2.15. The molecule has 0 bridgehead atoms. The van der Waals surface area contributed by atoms with Crippen molar-refractivity contribution < 1.29 is 5.11 Å².